The Morgan fingerprint density at radius 2 is 1.69 bits per heavy atom. The molecule has 2 heterocycles. The molecule has 1 amide bonds. The van der Waals surface area contributed by atoms with Crippen molar-refractivity contribution in [2.24, 2.45) is 0 Å². The molecule has 0 unspecified atom stereocenters. The maximum Gasteiger partial charge on any atom is 0.258 e. The van der Waals surface area contributed by atoms with Crippen molar-refractivity contribution in [2.45, 2.75) is 24.2 Å². The molecule has 1 aliphatic heterocycles. The minimum atomic E-state index is -3.73. The predicted octanol–water partition coefficient (Wildman–Crippen LogP) is 3.58. The molecule has 166 valence electrons. The largest absolute Gasteiger partial charge is 0.495 e. The van der Waals surface area contributed by atoms with Gasteiger partial charge in [0.15, 0.2) is 5.82 Å². The summed E-state index contributed by atoms with van der Waals surface area (Å²) in [7, 11) is -2.31. The molecular formula is C23H24N4O4S. The first-order valence-electron chi connectivity index (χ1n) is 10.4. The Morgan fingerprint density at radius 3 is 2.34 bits per heavy atom. The molecular weight excluding hydrogens is 428 g/mol. The number of aromatic nitrogens is 2. The van der Waals surface area contributed by atoms with Crippen molar-refractivity contribution in [3.05, 3.63) is 66.5 Å². The summed E-state index contributed by atoms with van der Waals surface area (Å²) in [6.07, 6.45) is 5.57. The van der Waals surface area contributed by atoms with E-state index in [1.54, 1.807) is 12.1 Å². The molecule has 8 nitrogen and oxygen atoms in total. The minimum absolute atomic E-state index is 0.0374. The number of carbonyl (C=O) groups is 1. The monoisotopic (exact) mass is 452 g/mol. The van der Waals surface area contributed by atoms with Gasteiger partial charge in [-0.05, 0) is 31.0 Å². The molecule has 1 saturated heterocycles. The quantitative estimate of drug-likeness (QED) is 0.613. The Morgan fingerprint density at radius 1 is 1.00 bits per heavy atom. The van der Waals surface area contributed by atoms with Crippen LogP contribution in [0, 0.1) is 0 Å². The molecule has 0 atom stereocenters. The lowest BCUT2D eigenvalue weighted by atomic mass is 10.2. The van der Waals surface area contributed by atoms with E-state index in [4.69, 9.17) is 4.74 Å². The zero-order valence-electron chi connectivity index (χ0n) is 17.7. The maximum atomic E-state index is 13.2. The first-order chi connectivity index (χ1) is 15.5. The van der Waals surface area contributed by atoms with Crippen LogP contribution in [0.4, 0.5) is 5.69 Å². The average molecular weight is 453 g/mol. The Labute approximate surface area is 187 Å². The summed E-state index contributed by atoms with van der Waals surface area (Å²) in [5.74, 6) is 0.321. The van der Waals surface area contributed by atoms with Gasteiger partial charge in [0.05, 0.1) is 12.7 Å². The molecule has 0 radical (unpaired) electrons. The fraction of sp³-hybridized carbons (Fsp3) is 0.261. The van der Waals surface area contributed by atoms with E-state index in [2.05, 4.69) is 15.3 Å². The number of methoxy groups -OCH3 is 1. The molecule has 4 rings (SSSR count). The molecule has 0 spiro atoms. The smallest absolute Gasteiger partial charge is 0.258 e. The lowest BCUT2D eigenvalue weighted by molar-refractivity contribution is 0.102. The van der Waals surface area contributed by atoms with Crippen molar-refractivity contribution in [3.8, 4) is 17.1 Å². The van der Waals surface area contributed by atoms with Gasteiger partial charge in [0.1, 0.15) is 10.6 Å². The summed E-state index contributed by atoms with van der Waals surface area (Å²) >= 11 is 0. The van der Waals surface area contributed by atoms with Gasteiger partial charge in [-0.15, -0.1) is 0 Å². The van der Waals surface area contributed by atoms with Crippen LogP contribution >= 0.6 is 0 Å². The second-order valence-electron chi connectivity index (χ2n) is 7.45. The number of piperidine rings is 1. The number of nitrogens with one attached hydrogen (secondary N) is 1. The number of nitrogens with zero attached hydrogens (tertiary/aromatic N) is 3. The molecule has 9 heteroatoms. The van der Waals surface area contributed by atoms with E-state index >= 15 is 0 Å². The SMILES string of the molecule is COc1ccc(NC(=O)c2cnc(-c3ccccc3)nc2)cc1S(=O)(=O)N1CCCCC1. The molecule has 2 aromatic carbocycles. The third kappa shape index (κ3) is 4.63. The summed E-state index contributed by atoms with van der Waals surface area (Å²) in [5.41, 5.74) is 1.46. The van der Waals surface area contributed by atoms with Gasteiger partial charge in [-0.2, -0.15) is 4.31 Å². The zero-order valence-corrected chi connectivity index (χ0v) is 18.5. The summed E-state index contributed by atoms with van der Waals surface area (Å²) in [4.78, 5) is 21.3. The van der Waals surface area contributed by atoms with E-state index < -0.39 is 15.9 Å². The van der Waals surface area contributed by atoms with Gasteiger partial charge < -0.3 is 10.1 Å². The minimum Gasteiger partial charge on any atom is -0.495 e. The summed E-state index contributed by atoms with van der Waals surface area (Å²) in [6.45, 7) is 0.959. The number of amides is 1. The van der Waals surface area contributed by atoms with Crippen molar-refractivity contribution >= 4 is 21.6 Å². The van der Waals surface area contributed by atoms with Gasteiger partial charge in [-0.1, -0.05) is 36.8 Å². The number of sulfonamides is 1. The third-order valence-corrected chi connectivity index (χ3v) is 7.22. The number of ether oxygens (including phenoxy) is 1. The number of anilines is 1. The van der Waals surface area contributed by atoms with Gasteiger partial charge in [0, 0.05) is 36.7 Å². The summed E-state index contributed by atoms with van der Waals surface area (Å²) < 4.78 is 33.1. The first kappa shape index (κ1) is 21.9. The zero-order chi connectivity index (χ0) is 22.6. The Bertz CT molecular complexity index is 1190. The lowest BCUT2D eigenvalue weighted by Gasteiger charge is -2.26. The predicted molar refractivity (Wildman–Crippen MR) is 121 cm³/mol. The normalized spacial score (nSPS) is 14.7. The standard InChI is InChI=1S/C23H24N4O4S/c1-31-20-11-10-19(14-21(20)32(29,30)27-12-6-3-7-13-27)26-23(28)18-15-24-22(25-16-18)17-8-4-2-5-9-17/h2,4-5,8-11,14-16H,3,6-7,12-13H2,1H3,(H,26,28). The van der Waals surface area contributed by atoms with Crippen LogP contribution in [0.25, 0.3) is 11.4 Å². The molecule has 3 aromatic rings. The molecule has 0 aliphatic carbocycles. The highest BCUT2D eigenvalue weighted by Gasteiger charge is 2.29. The summed E-state index contributed by atoms with van der Waals surface area (Å²) in [6, 6.07) is 14.0. The van der Waals surface area contributed by atoms with Crippen molar-refractivity contribution in [1.29, 1.82) is 0 Å². The van der Waals surface area contributed by atoms with Crippen LogP contribution in [-0.2, 0) is 10.0 Å². The van der Waals surface area contributed by atoms with E-state index in [9.17, 15) is 13.2 Å². The molecule has 32 heavy (non-hydrogen) atoms. The lowest BCUT2D eigenvalue weighted by Crippen LogP contribution is -2.35. The second-order valence-corrected chi connectivity index (χ2v) is 9.35. The van der Waals surface area contributed by atoms with E-state index in [0.29, 0.717) is 24.6 Å². The molecule has 0 bridgehead atoms. The van der Waals surface area contributed by atoms with Crippen LogP contribution in [0.15, 0.2) is 65.8 Å². The molecule has 1 fully saturated rings. The van der Waals surface area contributed by atoms with Crippen LogP contribution in [0.3, 0.4) is 0 Å². The number of hydrogen-bond donors (Lipinski definition) is 1. The average Bonchev–Trinajstić information content (AvgIpc) is 2.85. The van der Waals surface area contributed by atoms with Crippen LogP contribution in [0.2, 0.25) is 0 Å². The van der Waals surface area contributed by atoms with Crippen LogP contribution in [0.5, 0.6) is 5.75 Å². The highest BCUT2D eigenvalue weighted by molar-refractivity contribution is 7.89. The van der Waals surface area contributed by atoms with Gasteiger partial charge in [0.25, 0.3) is 5.91 Å². The second kappa shape index (κ2) is 9.46. The third-order valence-electron chi connectivity index (χ3n) is 5.30. The number of benzene rings is 2. The van der Waals surface area contributed by atoms with E-state index in [-0.39, 0.29) is 16.2 Å². The van der Waals surface area contributed by atoms with Crippen molar-refractivity contribution in [3.63, 3.8) is 0 Å². The summed E-state index contributed by atoms with van der Waals surface area (Å²) in [5, 5.41) is 2.73. The molecule has 0 saturated carbocycles. The van der Waals surface area contributed by atoms with Gasteiger partial charge in [-0.3, -0.25) is 4.79 Å². The first-order valence-corrected chi connectivity index (χ1v) is 11.8. The Kier molecular flexibility index (Phi) is 6.48. The number of hydrogen-bond acceptors (Lipinski definition) is 6. The Hall–Kier alpha value is -3.30. The highest BCUT2D eigenvalue weighted by atomic mass is 32.2. The molecule has 1 N–H and O–H groups in total. The van der Waals surface area contributed by atoms with Crippen LogP contribution < -0.4 is 10.1 Å². The van der Waals surface area contributed by atoms with Crippen molar-refractivity contribution < 1.29 is 17.9 Å². The van der Waals surface area contributed by atoms with Gasteiger partial charge in [-0.25, -0.2) is 18.4 Å². The van der Waals surface area contributed by atoms with Crippen molar-refractivity contribution in [1.82, 2.24) is 14.3 Å². The molecule has 1 aliphatic rings. The Balaban J connectivity index is 1.55. The van der Waals surface area contributed by atoms with Crippen LogP contribution in [0.1, 0.15) is 29.6 Å². The molecule has 1 aromatic heterocycles. The van der Waals surface area contributed by atoms with Crippen LogP contribution in [-0.4, -0.2) is 48.8 Å². The number of carbonyl (C=O) groups excluding carboxylic acids is 1. The van der Waals surface area contributed by atoms with Gasteiger partial charge in [0.2, 0.25) is 10.0 Å². The maximum absolute atomic E-state index is 13.2. The van der Waals surface area contributed by atoms with E-state index in [1.807, 2.05) is 30.3 Å². The highest BCUT2D eigenvalue weighted by Crippen LogP contribution is 2.31. The van der Waals surface area contributed by atoms with E-state index in [1.165, 1.54) is 29.9 Å². The number of rotatable bonds is 6. The topological polar surface area (TPSA) is 101 Å². The van der Waals surface area contributed by atoms with Gasteiger partial charge >= 0.3 is 0 Å². The van der Waals surface area contributed by atoms with E-state index in [0.717, 1.165) is 24.8 Å². The fourth-order valence-corrected chi connectivity index (χ4v) is 5.28. The fourth-order valence-electron chi connectivity index (χ4n) is 3.59. The van der Waals surface area contributed by atoms with Crippen molar-refractivity contribution in [2.75, 3.05) is 25.5 Å².